The van der Waals surface area contributed by atoms with E-state index in [2.05, 4.69) is 31.4 Å². The quantitative estimate of drug-likeness (QED) is 0.502. The van der Waals surface area contributed by atoms with E-state index in [0.717, 1.165) is 10.9 Å². The Morgan fingerprint density at radius 2 is 2.07 bits per heavy atom. The van der Waals surface area contributed by atoms with Gasteiger partial charge < -0.3 is 10.1 Å². The van der Waals surface area contributed by atoms with Crippen molar-refractivity contribution in [2.45, 2.75) is 19.7 Å². The van der Waals surface area contributed by atoms with Crippen LogP contribution in [0.5, 0.6) is 5.75 Å². The highest BCUT2D eigenvalue weighted by Crippen LogP contribution is 2.28. The molecule has 0 unspecified atom stereocenters. The predicted molar refractivity (Wildman–Crippen MR) is 106 cm³/mol. The van der Waals surface area contributed by atoms with Crippen LogP contribution >= 0.6 is 39.1 Å². The van der Waals surface area contributed by atoms with Crippen LogP contribution in [0.25, 0.3) is 0 Å². The average molecular weight is 473 g/mol. The zero-order valence-corrected chi connectivity index (χ0v) is 17.2. The Morgan fingerprint density at radius 3 is 2.81 bits per heavy atom. The van der Waals surface area contributed by atoms with E-state index in [9.17, 15) is 4.79 Å². The fourth-order valence-electron chi connectivity index (χ4n) is 2.28. The number of halogens is 3. The first-order valence-electron chi connectivity index (χ1n) is 8.09. The monoisotopic (exact) mass is 471 g/mol. The van der Waals surface area contributed by atoms with Crippen LogP contribution in [0.4, 0.5) is 0 Å². The highest BCUT2D eigenvalue weighted by Gasteiger charge is 2.09. The molecule has 0 saturated carbocycles. The predicted octanol–water partition coefficient (Wildman–Crippen LogP) is 4.01. The smallest absolute Gasteiger partial charge is 0.271 e. The second kappa shape index (κ2) is 9.25. The zero-order valence-electron chi connectivity index (χ0n) is 14.1. The standard InChI is InChI=1S/C17H16BrCl2N5O2/c18-14-8-12(19)2-3-16(14)27-11-25-7-4-15(23-25)17(26)21-5-1-6-24-10-13(20)9-22-24/h2-4,7-10H,1,5-6,11H2,(H,21,26). The molecule has 3 rings (SSSR count). The number of amides is 1. The number of ether oxygens (including phenoxy) is 1. The molecule has 2 heterocycles. The van der Waals surface area contributed by atoms with Gasteiger partial charge in [0.2, 0.25) is 0 Å². The van der Waals surface area contributed by atoms with E-state index in [0.29, 0.717) is 34.6 Å². The summed E-state index contributed by atoms with van der Waals surface area (Å²) < 4.78 is 9.69. The van der Waals surface area contributed by atoms with Gasteiger partial charge in [-0.05, 0) is 46.6 Å². The summed E-state index contributed by atoms with van der Waals surface area (Å²) >= 11 is 15.1. The number of hydrogen-bond donors (Lipinski definition) is 1. The fraction of sp³-hybridized carbons (Fsp3) is 0.235. The molecule has 27 heavy (non-hydrogen) atoms. The van der Waals surface area contributed by atoms with Crippen LogP contribution in [-0.4, -0.2) is 32.0 Å². The number of aromatic nitrogens is 4. The molecule has 1 aromatic carbocycles. The van der Waals surface area contributed by atoms with Crippen molar-refractivity contribution in [3.63, 3.8) is 0 Å². The molecule has 0 saturated heterocycles. The minimum absolute atomic E-state index is 0.174. The van der Waals surface area contributed by atoms with Crippen molar-refractivity contribution in [1.82, 2.24) is 24.9 Å². The third-order valence-electron chi connectivity index (χ3n) is 3.57. The molecule has 0 atom stereocenters. The van der Waals surface area contributed by atoms with Gasteiger partial charge in [-0.3, -0.25) is 9.48 Å². The molecular weight excluding hydrogens is 457 g/mol. The Balaban J connectivity index is 1.44. The topological polar surface area (TPSA) is 74.0 Å². The second-order valence-electron chi connectivity index (χ2n) is 5.62. The van der Waals surface area contributed by atoms with E-state index in [-0.39, 0.29) is 12.6 Å². The van der Waals surface area contributed by atoms with Crippen molar-refractivity contribution < 1.29 is 9.53 Å². The fourth-order valence-corrected chi connectivity index (χ4v) is 3.23. The third-order valence-corrected chi connectivity index (χ3v) is 4.62. The highest BCUT2D eigenvalue weighted by molar-refractivity contribution is 9.10. The number of aryl methyl sites for hydroxylation is 1. The summed E-state index contributed by atoms with van der Waals surface area (Å²) in [5, 5.41) is 12.3. The van der Waals surface area contributed by atoms with Crippen LogP contribution in [0.15, 0.2) is 47.3 Å². The summed E-state index contributed by atoms with van der Waals surface area (Å²) in [5.74, 6) is 0.402. The first-order chi connectivity index (χ1) is 13.0. The Kier molecular flexibility index (Phi) is 6.76. The lowest BCUT2D eigenvalue weighted by Crippen LogP contribution is -2.26. The van der Waals surface area contributed by atoms with Crippen molar-refractivity contribution in [3.05, 3.63) is 63.1 Å². The number of carbonyl (C=O) groups is 1. The van der Waals surface area contributed by atoms with E-state index in [1.165, 1.54) is 0 Å². The number of rotatable bonds is 8. The van der Waals surface area contributed by atoms with Crippen LogP contribution < -0.4 is 10.1 Å². The summed E-state index contributed by atoms with van der Waals surface area (Å²) in [6.07, 6.45) is 5.74. The van der Waals surface area contributed by atoms with Crippen LogP contribution in [0.1, 0.15) is 16.9 Å². The van der Waals surface area contributed by atoms with Gasteiger partial charge in [0.25, 0.3) is 5.91 Å². The maximum atomic E-state index is 12.1. The van der Waals surface area contributed by atoms with Crippen LogP contribution in [0.3, 0.4) is 0 Å². The molecule has 0 bridgehead atoms. The Morgan fingerprint density at radius 1 is 1.22 bits per heavy atom. The van der Waals surface area contributed by atoms with Crippen molar-refractivity contribution in [3.8, 4) is 5.75 Å². The first kappa shape index (κ1) is 19.7. The summed E-state index contributed by atoms with van der Waals surface area (Å²) in [6, 6.07) is 6.88. The molecule has 10 heteroatoms. The second-order valence-corrected chi connectivity index (χ2v) is 7.35. The molecule has 3 aromatic rings. The molecule has 0 spiro atoms. The molecule has 0 aliphatic carbocycles. The lowest BCUT2D eigenvalue weighted by atomic mass is 10.3. The summed E-state index contributed by atoms with van der Waals surface area (Å²) in [7, 11) is 0. The molecule has 7 nitrogen and oxygen atoms in total. The minimum Gasteiger partial charge on any atom is -0.470 e. The normalized spacial score (nSPS) is 10.8. The minimum atomic E-state index is -0.236. The Hall–Kier alpha value is -2.03. The molecule has 0 aliphatic rings. The van der Waals surface area contributed by atoms with Crippen molar-refractivity contribution in [1.29, 1.82) is 0 Å². The van der Waals surface area contributed by atoms with Gasteiger partial charge in [0, 0.05) is 30.5 Å². The van der Waals surface area contributed by atoms with Gasteiger partial charge in [-0.15, -0.1) is 0 Å². The zero-order chi connectivity index (χ0) is 19.2. The first-order valence-corrected chi connectivity index (χ1v) is 9.63. The van der Waals surface area contributed by atoms with Gasteiger partial charge in [0.05, 0.1) is 15.7 Å². The average Bonchev–Trinajstić information content (AvgIpc) is 3.27. The van der Waals surface area contributed by atoms with E-state index < -0.39 is 0 Å². The Labute approximate surface area is 174 Å². The van der Waals surface area contributed by atoms with E-state index in [1.54, 1.807) is 52.2 Å². The summed E-state index contributed by atoms with van der Waals surface area (Å²) in [6.45, 7) is 1.36. The number of hydrogen-bond acceptors (Lipinski definition) is 4. The van der Waals surface area contributed by atoms with E-state index >= 15 is 0 Å². The lowest BCUT2D eigenvalue weighted by molar-refractivity contribution is 0.0945. The molecular formula is C17H16BrCl2N5O2. The third kappa shape index (κ3) is 5.72. The molecule has 0 radical (unpaired) electrons. The maximum absolute atomic E-state index is 12.1. The Bertz CT molecular complexity index is 928. The molecule has 2 aromatic heterocycles. The molecule has 1 N–H and O–H groups in total. The van der Waals surface area contributed by atoms with Gasteiger partial charge in [-0.1, -0.05) is 23.2 Å². The SMILES string of the molecule is O=C(NCCCn1cc(Cl)cn1)c1ccn(COc2ccc(Cl)cc2Br)n1. The van der Waals surface area contributed by atoms with Gasteiger partial charge in [0.15, 0.2) is 6.73 Å². The van der Waals surface area contributed by atoms with Crippen molar-refractivity contribution >= 4 is 45.0 Å². The van der Waals surface area contributed by atoms with Gasteiger partial charge in [-0.25, -0.2) is 4.68 Å². The van der Waals surface area contributed by atoms with E-state index in [4.69, 9.17) is 27.9 Å². The number of carbonyl (C=O) groups excluding carboxylic acids is 1. The van der Waals surface area contributed by atoms with Gasteiger partial charge in [0.1, 0.15) is 11.4 Å². The van der Waals surface area contributed by atoms with Crippen LogP contribution in [0.2, 0.25) is 10.0 Å². The molecule has 0 fully saturated rings. The maximum Gasteiger partial charge on any atom is 0.271 e. The van der Waals surface area contributed by atoms with Crippen LogP contribution in [-0.2, 0) is 13.3 Å². The van der Waals surface area contributed by atoms with Gasteiger partial charge >= 0.3 is 0 Å². The largest absolute Gasteiger partial charge is 0.470 e. The van der Waals surface area contributed by atoms with Crippen molar-refractivity contribution in [2.75, 3.05) is 6.54 Å². The van der Waals surface area contributed by atoms with E-state index in [1.807, 2.05) is 0 Å². The number of nitrogens with one attached hydrogen (secondary N) is 1. The highest BCUT2D eigenvalue weighted by atomic mass is 79.9. The number of benzene rings is 1. The summed E-state index contributed by atoms with van der Waals surface area (Å²) in [4.78, 5) is 12.1. The molecule has 142 valence electrons. The van der Waals surface area contributed by atoms with Crippen LogP contribution in [0, 0.1) is 0 Å². The van der Waals surface area contributed by atoms with Crippen molar-refractivity contribution in [2.24, 2.45) is 0 Å². The molecule has 0 aliphatic heterocycles. The molecule has 1 amide bonds. The van der Waals surface area contributed by atoms with Gasteiger partial charge in [-0.2, -0.15) is 10.2 Å². The number of nitrogens with zero attached hydrogens (tertiary/aromatic N) is 4. The summed E-state index contributed by atoms with van der Waals surface area (Å²) in [5.41, 5.74) is 0.330. The lowest BCUT2D eigenvalue weighted by Gasteiger charge is -2.08.